The summed E-state index contributed by atoms with van der Waals surface area (Å²) in [6, 6.07) is 19.4. The van der Waals surface area contributed by atoms with Crippen LogP contribution in [0.5, 0.6) is 5.75 Å². The molecule has 4 rings (SSSR count). The third-order valence-corrected chi connectivity index (χ3v) is 5.71. The lowest BCUT2D eigenvalue weighted by molar-refractivity contribution is 0.0302. The number of morpholine rings is 1. The van der Waals surface area contributed by atoms with E-state index in [-0.39, 0.29) is 34.4 Å². The number of hydrogen-bond acceptors (Lipinski definition) is 4. The first-order valence-electron chi connectivity index (χ1n) is 10.5. The molecule has 8 heteroatoms. The van der Waals surface area contributed by atoms with Crippen LogP contribution in [0, 0.1) is 0 Å². The molecule has 0 bridgehead atoms. The quantitative estimate of drug-likeness (QED) is 0.515. The molecular formula is C25H22Cl2N2O4. The molecule has 1 aliphatic rings. The Kier molecular flexibility index (Phi) is 7.50. The molecule has 33 heavy (non-hydrogen) atoms. The van der Waals surface area contributed by atoms with E-state index in [0.29, 0.717) is 37.0 Å². The van der Waals surface area contributed by atoms with Gasteiger partial charge in [0, 0.05) is 23.8 Å². The van der Waals surface area contributed by atoms with Crippen LogP contribution in [0.1, 0.15) is 26.3 Å². The van der Waals surface area contributed by atoms with Gasteiger partial charge in [0.2, 0.25) is 0 Å². The number of hydrogen-bond donors (Lipinski definition) is 1. The molecule has 0 unspecified atom stereocenters. The second-order valence-corrected chi connectivity index (χ2v) is 8.32. The maximum absolute atomic E-state index is 13.1. The molecule has 0 saturated carbocycles. The van der Waals surface area contributed by atoms with Gasteiger partial charge in [-0.1, -0.05) is 59.6 Å². The Morgan fingerprint density at radius 3 is 2.42 bits per heavy atom. The Bertz CT molecular complexity index is 1150. The normalized spacial score (nSPS) is 13.5. The summed E-state index contributed by atoms with van der Waals surface area (Å²) in [5.41, 5.74) is 1.95. The van der Waals surface area contributed by atoms with Crippen molar-refractivity contribution in [1.29, 1.82) is 0 Å². The Morgan fingerprint density at radius 1 is 0.939 bits per heavy atom. The van der Waals surface area contributed by atoms with Gasteiger partial charge in [0.25, 0.3) is 11.8 Å². The van der Waals surface area contributed by atoms with E-state index < -0.39 is 5.91 Å². The zero-order chi connectivity index (χ0) is 23.2. The second kappa shape index (κ2) is 10.7. The van der Waals surface area contributed by atoms with Gasteiger partial charge < -0.3 is 19.7 Å². The number of carbonyl (C=O) groups excluding carboxylic acids is 2. The molecule has 3 aromatic carbocycles. The summed E-state index contributed by atoms with van der Waals surface area (Å²) in [7, 11) is 0. The molecule has 3 aromatic rings. The van der Waals surface area contributed by atoms with Crippen molar-refractivity contribution in [2.75, 3.05) is 31.6 Å². The van der Waals surface area contributed by atoms with E-state index in [1.165, 1.54) is 12.1 Å². The number of ether oxygens (including phenoxy) is 2. The first-order valence-corrected chi connectivity index (χ1v) is 11.2. The summed E-state index contributed by atoms with van der Waals surface area (Å²) in [5.74, 6) is -0.387. The lowest BCUT2D eigenvalue weighted by Crippen LogP contribution is -2.40. The number of nitrogens with zero attached hydrogens (tertiary/aromatic N) is 1. The van der Waals surface area contributed by atoms with Gasteiger partial charge in [0.05, 0.1) is 29.4 Å². The molecular weight excluding hydrogens is 463 g/mol. The second-order valence-electron chi connectivity index (χ2n) is 7.47. The van der Waals surface area contributed by atoms with Crippen molar-refractivity contribution in [2.24, 2.45) is 0 Å². The molecule has 6 nitrogen and oxygen atoms in total. The van der Waals surface area contributed by atoms with Gasteiger partial charge in [-0.2, -0.15) is 0 Å². The topological polar surface area (TPSA) is 67.9 Å². The van der Waals surface area contributed by atoms with Crippen LogP contribution in [0.4, 0.5) is 5.69 Å². The molecule has 2 amide bonds. The van der Waals surface area contributed by atoms with Crippen LogP contribution in [0.3, 0.4) is 0 Å². The molecule has 1 N–H and O–H groups in total. The van der Waals surface area contributed by atoms with Crippen LogP contribution in [0.15, 0.2) is 66.7 Å². The van der Waals surface area contributed by atoms with Crippen LogP contribution >= 0.6 is 23.2 Å². The standard InChI is InChI=1S/C25H22Cl2N2O4/c26-18-7-4-8-19(13-18)28-24(30)21-14-22(27)20(25(31)29-9-11-32-12-10-29)15-23(21)33-16-17-5-2-1-3-6-17/h1-8,13-15H,9-12,16H2,(H,28,30). The maximum atomic E-state index is 13.1. The van der Waals surface area contributed by atoms with E-state index in [4.69, 9.17) is 32.7 Å². The highest BCUT2D eigenvalue weighted by Crippen LogP contribution is 2.30. The third kappa shape index (κ3) is 5.85. The van der Waals surface area contributed by atoms with Crippen molar-refractivity contribution in [3.8, 4) is 5.75 Å². The highest BCUT2D eigenvalue weighted by Gasteiger charge is 2.24. The highest BCUT2D eigenvalue weighted by atomic mass is 35.5. The van der Waals surface area contributed by atoms with Crippen molar-refractivity contribution in [3.63, 3.8) is 0 Å². The number of halogens is 2. The number of rotatable bonds is 6. The van der Waals surface area contributed by atoms with E-state index in [1.54, 1.807) is 29.2 Å². The van der Waals surface area contributed by atoms with Crippen molar-refractivity contribution in [2.45, 2.75) is 6.61 Å². The van der Waals surface area contributed by atoms with Crippen molar-refractivity contribution >= 4 is 40.7 Å². The number of carbonyl (C=O) groups is 2. The fourth-order valence-electron chi connectivity index (χ4n) is 3.45. The van der Waals surface area contributed by atoms with Crippen LogP contribution in [0.2, 0.25) is 10.0 Å². The monoisotopic (exact) mass is 484 g/mol. The molecule has 0 radical (unpaired) electrons. The first kappa shape index (κ1) is 23.1. The maximum Gasteiger partial charge on any atom is 0.259 e. The average Bonchev–Trinajstić information content (AvgIpc) is 2.84. The number of benzene rings is 3. The summed E-state index contributed by atoms with van der Waals surface area (Å²) >= 11 is 12.5. The minimum absolute atomic E-state index is 0.176. The summed E-state index contributed by atoms with van der Waals surface area (Å²) in [4.78, 5) is 27.8. The predicted octanol–water partition coefficient (Wildman–Crippen LogP) is 5.30. The summed E-state index contributed by atoms with van der Waals surface area (Å²) in [6.07, 6.45) is 0. The SMILES string of the molecule is O=C(Nc1cccc(Cl)c1)c1cc(Cl)c(C(=O)N2CCOCC2)cc1OCc1ccccc1. The van der Waals surface area contributed by atoms with E-state index >= 15 is 0 Å². The number of nitrogens with one attached hydrogen (secondary N) is 1. The Balaban J connectivity index is 1.65. The van der Waals surface area contributed by atoms with Gasteiger partial charge in [-0.3, -0.25) is 9.59 Å². The molecule has 170 valence electrons. The Morgan fingerprint density at radius 2 is 1.70 bits per heavy atom. The van der Waals surface area contributed by atoms with Gasteiger partial charge >= 0.3 is 0 Å². The highest BCUT2D eigenvalue weighted by molar-refractivity contribution is 6.34. The molecule has 0 spiro atoms. The molecule has 1 aliphatic heterocycles. The minimum atomic E-state index is -0.424. The zero-order valence-corrected chi connectivity index (χ0v) is 19.2. The van der Waals surface area contributed by atoms with E-state index in [0.717, 1.165) is 5.56 Å². The number of amides is 2. The fraction of sp³-hybridized carbons (Fsp3) is 0.200. The summed E-state index contributed by atoms with van der Waals surface area (Å²) in [5, 5.41) is 3.48. The Hall–Kier alpha value is -3.06. The van der Waals surface area contributed by atoms with Crippen molar-refractivity contribution < 1.29 is 19.1 Å². The van der Waals surface area contributed by atoms with Crippen LogP contribution in [0.25, 0.3) is 0 Å². The minimum Gasteiger partial charge on any atom is -0.488 e. The van der Waals surface area contributed by atoms with Crippen LogP contribution in [-0.2, 0) is 11.3 Å². The van der Waals surface area contributed by atoms with E-state index in [9.17, 15) is 9.59 Å². The summed E-state index contributed by atoms with van der Waals surface area (Å²) < 4.78 is 11.3. The van der Waals surface area contributed by atoms with Crippen molar-refractivity contribution in [3.05, 3.63) is 93.5 Å². The lowest BCUT2D eigenvalue weighted by Gasteiger charge is -2.27. The van der Waals surface area contributed by atoms with Gasteiger partial charge in [0.15, 0.2) is 0 Å². The van der Waals surface area contributed by atoms with Gasteiger partial charge in [-0.05, 0) is 35.9 Å². The van der Waals surface area contributed by atoms with E-state index in [2.05, 4.69) is 5.32 Å². The van der Waals surface area contributed by atoms with Gasteiger partial charge in [-0.15, -0.1) is 0 Å². The van der Waals surface area contributed by atoms with Gasteiger partial charge in [0.1, 0.15) is 12.4 Å². The molecule has 0 aromatic heterocycles. The summed E-state index contributed by atoms with van der Waals surface area (Å²) in [6.45, 7) is 2.13. The average molecular weight is 485 g/mol. The van der Waals surface area contributed by atoms with Crippen molar-refractivity contribution in [1.82, 2.24) is 4.90 Å². The molecule has 0 atom stereocenters. The number of anilines is 1. The largest absolute Gasteiger partial charge is 0.488 e. The first-order chi connectivity index (χ1) is 16.0. The molecule has 1 heterocycles. The smallest absolute Gasteiger partial charge is 0.259 e. The predicted molar refractivity (Wildman–Crippen MR) is 128 cm³/mol. The molecule has 0 aliphatic carbocycles. The van der Waals surface area contributed by atoms with E-state index in [1.807, 2.05) is 30.3 Å². The van der Waals surface area contributed by atoms with Crippen LogP contribution in [-0.4, -0.2) is 43.0 Å². The van der Waals surface area contributed by atoms with Gasteiger partial charge in [-0.25, -0.2) is 0 Å². The lowest BCUT2D eigenvalue weighted by atomic mass is 10.1. The van der Waals surface area contributed by atoms with Crippen LogP contribution < -0.4 is 10.1 Å². The fourth-order valence-corrected chi connectivity index (χ4v) is 3.89. The third-order valence-electron chi connectivity index (χ3n) is 5.16. The molecule has 1 fully saturated rings. The molecule has 1 saturated heterocycles. The Labute approximate surface area is 202 Å². The zero-order valence-electron chi connectivity index (χ0n) is 17.7.